The Labute approximate surface area is 157 Å². The maximum atomic E-state index is 5.57. The predicted molar refractivity (Wildman–Crippen MR) is 105 cm³/mol. The number of hydrogen-bond acceptors (Lipinski definition) is 5. The van der Waals surface area contributed by atoms with E-state index in [2.05, 4.69) is 25.6 Å². The van der Waals surface area contributed by atoms with Gasteiger partial charge < -0.3 is 15.4 Å². The first-order valence-electron chi connectivity index (χ1n) is 7.09. The molecule has 0 aliphatic rings. The number of thiazole rings is 1. The molecule has 0 spiro atoms. The highest BCUT2D eigenvalue weighted by Gasteiger charge is 2.05. The summed E-state index contributed by atoms with van der Waals surface area (Å²) in [4.78, 5) is 13.8. The Hall–Kier alpha value is -1.42. The summed E-state index contributed by atoms with van der Waals surface area (Å²) in [6.07, 6.45) is 3.42. The molecule has 8 heteroatoms. The van der Waals surface area contributed by atoms with Crippen LogP contribution in [0.15, 0.2) is 29.5 Å². The molecule has 126 valence electrons. The average molecular weight is 447 g/mol. The molecule has 0 bridgehead atoms. The van der Waals surface area contributed by atoms with Crippen LogP contribution in [0.2, 0.25) is 0 Å². The molecule has 0 radical (unpaired) electrons. The second kappa shape index (κ2) is 10.4. The second-order valence-corrected chi connectivity index (χ2v) is 5.92. The van der Waals surface area contributed by atoms with E-state index < -0.39 is 0 Å². The lowest BCUT2D eigenvalue weighted by Gasteiger charge is -2.12. The molecule has 0 aromatic carbocycles. The van der Waals surface area contributed by atoms with Gasteiger partial charge in [-0.25, -0.2) is 4.98 Å². The van der Waals surface area contributed by atoms with Gasteiger partial charge in [-0.3, -0.25) is 9.98 Å². The zero-order valence-electron chi connectivity index (χ0n) is 13.5. The summed E-state index contributed by atoms with van der Waals surface area (Å²) in [5, 5.41) is 7.58. The highest BCUT2D eigenvalue weighted by molar-refractivity contribution is 14.0. The Kier molecular flexibility index (Phi) is 8.85. The molecule has 0 atom stereocenters. The van der Waals surface area contributed by atoms with Gasteiger partial charge in [0.15, 0.2) is 5.96 Å². The summed E-state index contributed by atoms with van der Waals surface area (Å²) in [5.74, 6) is 1.52. The van der Waals surface area contributed by atoms with Crippen LogP contribution in [0.3, 0.4) is 0 Å². The maximum absolute atomic E-state index is 5.57. The molecule has 0 saturated carbocycles. The summed E-state index contributed by atoms with van der Waals surface area (Å²) < 4.78 is 5.57. The van der Waals surface area contributed by atoms with Crippen molar-refractivity contribution in [3.05, 3.63) is 40.1 Å². The molecule has 6 nitrogen and oxygen atoms in total. The summed E-state index contributed by atoms with van der Waals surface area (Å²) >= 11 is 1.70. The summed E-state index contributed by atoms with van der Waals surface area (Å²) in [5.41, 5.74) is 1.07. The van der Waals surface area contributed by atoms with Gasteiger partial charge in [0.25, 0.3) is 0 Å². The van der Waals surface area contributed by atoms with E-state index in [0.717, 1.165) is 29.0 Å². The van der Waals surface area contributed by atoms with Crippen LogP contribution in [0.4, 0.5) is 0 Å². The van der Waals surface area contributed by atoms with E-state index in [0.29, 0.717) is 13.2 Å². The van der Waals surface area contributed by atoms with E-state index in [9.17, 15) is 0 Å². The number of nitrogens with one attached hydrogen (secondary N) is 2. The second-order valence-electron chi connectivity index (χ2n) is 4.63. The Morgan fingerprint density at radius 2 is 2.17 bits per heavy atom. The molecule has 23 heavy (non-hydrogen) atoms. The summed E-state index contributed by atoms with van der Waals surface area (Å²) in [6.45, 7) is 5.98. The van der Waals surface area contributed by atoms with Crippen molar-refractivity contribution in [1.82, 2.24) is 20.6 Å². The first-order valence-corrected chi connectivity index (χ1v) is 7.91. The Morgan fingerprint density at radius 3 is 2.78 bits per heavy atom. The highest BCUT2D eigenvalue weighted by Crippen LogP contribution is 2.16. The van der Waals surface area contributed by atoms with Crippen LogP contribution in [-0.4, -0.2) is 36.1 Å². The first-order chi connectivity index (χ1) is 10.7. The van der Waals surface area contributed by atoms with Gasteiger partial charge in [-0.05, 0) is 26.0 Å². The third-order valence-corrected chi connectivity index (χ3v) is 4.01. The summed E-state index contributed by atoms with van der Waals surface area (Å²) in [6, 6.07) is 3.73. The molecule has 0 fully saturated rings. The van der Waals surface area contributed by atoms with Gasteiger partial charge in [0.2, 0.25) is 0 Å². The van der Waals surface area contributed by atoms with Crippen molar-refractivity contribution >= 4 is 41.3 Å². The largest absolute Gasteiger partial charge is 0.490 e. The van der Waals surface area contributed by atoms with Crippen molar-refractivity contribution in [1.29, 1.82) is 0 Å². The zero-order valence-corrected chi connectivity index (χ0v) is 16.6. The average Bonchev–Trinajstić information content (AvgIpc) is 2.85. The van der Waals surface area contributed by atoms with Crippen LogP contribution in [-0.2, 0) is 6.54 Å². The fraction of sp³-hybridized carbons (Fsp3) is 0.400. The lowest BCUT2D eigenvalue weighted by Crippen LogP contribution is -2.38. The normalized spacial score (nSPS) is 10.8. The molecule has 0 saturated heterocycles. The Bertz CT molecular complexity index is 618. The third kappa shape index (κ3) is 6.69. The lowest BCUT2D eigenvalue weighted by molar-refractivity contribution is 0.320. The Morgan fingerprint density at radius 1 is 1.35 bits per heavy atom. The first kappa shape index (κ1) is 19.6. The van der Waals surface area contributed by atoms with E-state index in [1.807, 2.05) is 26.0 Å². The molecule has 2 N–H and O–H groups in total. The van der Waals surface area contributed by atoms with E-state index >= 15 is 0 Å². The number of aromatic nitrogens is 2. The van der Waals surface area contributed by atoms with E-state index in [-0.39, 0.29) is 24.0 Å². The smallest absolute Gasteiger partial charge is 0.191 e. The highest BCUT2D eigenvalue weighted by atomic mass is 127. The van der Waals surface area contributed by atoms with E-state index in [1.54, 1.807) is 30.8 Å². The van der Waals surface area contributed by atoms with Crippen molar-refractivity contribution in [2.75, 3.05) is 20.2 Å². The monoisotopic (exact) mass is 447 g/mol. The number of aryl methyl sites for hydroxylation is 2. The summed E-state index contributed by atoms with van der Waals surface area (Å²) in [7, 11) is 1.75. The van der Waals surface area contributed by atoms with Crippen molar-refractivity contribution < 1.29 is 4.74 Å². The van der Waals surface area contributed by atoms with E-state index in [1.165, 1.54) is 4.88 Å². The van der Waals surface area contributed by atoms with Crippen molar-refractivity contribution in [3.63, 3.8) is 0 Å². The number of ether oxygens (including phenoxy) is 1. The molecule has 0 aliphatic heterocycles. The number of rotatable bonds is 6. The van der Waals surface area contributed by atoms with Gasteiger partial charge in [0.05, 0.1) is 30.0 Å². The molecule has 2 aromatic rings. The SMILES string of the molecule is CN=C(NCCOc1cccnc1)NCc1sc(C)nc1C.I. The molecule has 2 heterocycles. The Balaban J connectivity index is 0.00000264. The third-order valence-electron chi connectivity index (χ3n) is 2.94. The number of nitrogens with zero attached hydrogens (tertiary/aromatic N) is 3. The molecule has 2 rings (SSSR count). The standard InChI is InChI=1S/C15H21N5OS.HI/c1-11-14(22-12(2)20-11)10-19-15(16-3)18-7-8-21-13-5-4-6-17-9-13;/h4-6,9H,7-8,10H2,1-3H3,(H2,16,18,19);1H. The minimum absolute atomic E-state index is 0. The van der Waals surface area contributed by atoms with Gasteiger partial charge in [-0.1, -0.05) is 0 Å². The van der Waals surface area contributed by atoms with Crippen molar-refractivity contribution in [2.45, 2.75) is 20.4 Å². The fourth-order valence-electron chi connectivity index (χ4n) is 1.89. The zero-order chi connectivity index (χ0) is 15.8. The molecular weight excluding hydrogens is 425 g/mol. The quantitative estimate of drug-likeness (QED) is 0.308. The number of aliphatic imine (C=N–C) groups is 1. The molecule has 0 unspecified atom stereocenters. The minimum Gasteiger partial charge on any atom is -0.490 e. The predicted octanol–water partition coefficient (Wildman–Crippen LogP) is 2.52. The van der Waals surface area contributed by atoms with Gasteiger partial charge >= 0.3 is 0 Å². The van der Waals surface area contributed by atoms with Gasteiger partial charge in [-0.15, -0.1) is 35.3 Å². The molecular formula is C15H22IN5OS. The van der Waals surface area contributed by atoms with Gasteiger partial charge in [0, 0.05) is 18.1 Å². The van der Waals surface area contributed by atoms with Crippen molar-refractivity contribution in [3.8, 4) is 5.75 Å². The van der Waals surface area contributed by atoms with Crippen LogP contribution in [0, 0.1) is 13.8 Å². The minimum atomic E-state index is 0. The van der Waals surface area contributed by atoms with Crippen LogP contribution in [0.25, 0.3) is 0 Å². The van der Waals surface area contributed by atoms with E-state index in [4.69, 9.17) is 4.74 Å². The van der Waals surface area contributed by atoms with Crippen LogP contribution < -0.4 is 15.4 Å². The molecule has 0 amide bonds. The van der Waals surface area contributed by atoms with Crippen LogP contribution >= 0.6 is 35.3 Å². The molecule has 2 aromatic heterocycles. The number of guanidine groups is 1. The lowest BCUT2D eigenvalue weighted by atomic mass is 10.4. The number of halogens is 1. The number of hydrogen-bond donors (Lipinski definition) is 2. The topological polar surface area (TPSA) is 71.4 Å². The van der Waals surface area contributed by atoms with Gasteiger partial charge in [-0.2, -0.15) is 0 Å². The van der Waals surface area contributed by atoms with Crippen molar-refractivity contribution in [2.24, 2.45) is 4.99 Å². The van der Waals surface area contributed by atoms with Gasteiger partial charge in [0.1, 0.15) is 12.4 Å². The molecule has 0 aliphatic carbocycles. The number of pyridine rings is 1. The fourth-order valence-corrected chi connectivity index (χ4v) is 2.77. The van der Waals surface area contributed by atoms with Crippen LogP contribution in [0.5, 0.6) is 5.75 Å². The maximum Gasteiger partial charge on any atom is 0.191 e. The van der Waals surface area contributed by atoms with Crippen LogP contribution in [0.1, 0.15) is 15.6 Å².